The van der Waals surface area contributed by atoms with Crippen molar-refractivity contribution in [1.29, 1.82) is 0 Å². The predicted octanol–water partition coefficient (Wildman–Crippen LogP) is 3.59. The van der Waals surface area contributed by atoms with Crippen LogP contribution >= 0.6 is 0 Å². The van der Waals surface area contributed by atoms with Gasteiger partial charge in [-0.1, -0.05) is 30.7 Å². The Morgan fingerprint density at radius 1 is 1.15 bits per heavy atom. The Balaban J connectivity index is 1.64. The van der Waals surface area contributed by atoms with Crippen LogP contribution in [0.2, 0.25) is 0 Å². The molecule has 4 nitrogen and oxygen atoms in total. The summed E-state index contributed by atoms with van der Waals surface area (Å²) >= 11 is 0. The summed E-state index contributed by atoms with van der Waals surface area (Å²) in [7, 11) is 1.63. The molecule has 1 saturated carbocycles. The first kappa shape index (κ1) is 18.4. The SMILES string of the molecule is COCCOc1cccc(CNC(=O)C2(c3cccc(F)c3)CCC2)c1. The third-order valence-corrected chi connectivity index (χ3v) is 4.93. The molecule has 2 aromatic rings. The normalized spacial score (nSPS) is 15.2. The van der Waals surface area contributed by atoms with Gasteiger partial charge in [-0.15, -0.1) is 0 Å². The number of carbonyl (C=O) groups excluding carboxylic acids is 1. The Morgan fingerprint density at radius 3 is 2.65 bits per heavy atom. The molecule has 1 N–H and O–H groups in total. The standard InChI is InChI=1S/C21H24FNO3/c1-25-11-12-26-19-8-2-5-16(13-19)15-23-20(24)21(9-4-10-21)17-6-3-7-18(22)14-17/h2-3,5-8,13-14H,4,9-12,15H2,1H3,(H,23,24). The van der Waals surface area contributed by atoms with E-state index in [0.29, 0.717) is 19.8 Å². The van der Waals surface area contributed by atoms with Crippen LogP contribution < -0.4 is 10.1 Å². The zero-order valence-electron chi connectivity index (χ0n) is 15.0. The van der Waals surface area contributed by atoms with Crippen molar-refractivity contribution in [2.24, 2.45) is 0 Å². The molecule has 2 aromatic carbocycles. The zero-order valence-corrected chi connectivity index (χ0v) is 15.0. The molecule has 1 aliphatic carbocycles. The molecule has 0 spiro atoms. The number of hydrogen-bond acceptors (Lipinski definition) is 3. The Morgan fingerprint density at radius 2 is 1.96 bits per heavy atom. The van der Waals surface area contributed by atoms with Crippen molar-refractivity contribution in [2.45, 2.75) is 31.2 Å². The highest BCUT2D eigenvalue weighted by Crippen LogP contribution is 2.44. The van der Waals surface area contributed by atoms with Crippen molar-refractivity contribution in [3.8, 4) is 5.75 Å². The molecule has 1 aliphatic rings. The van der Waals surface area contributed by atoms with Gasteiger partial charge in [0.05, 0.1) is 12.0 Å². The van der Waals surface area contributed by atoms with E-state index in [9.17, 15) is 9.18 Å². The molecular weight excluding hydrogens is 333 g/mol. The third kappa shape index (κ3) is 4.05. The Labute approximate surface area is 153 Å². The van der Waals surface area contributed by atoms with Crippen molar-refractivity contribution in [1.82, 2.24) is 5.32 Å². The summed E-state index contributed by atoms with van der Waals surface area (Å²) in [5.41, 5.74) is 1.12. The minimum absolute atomic E-state index is 0.0416. The lowest BCUT2D eigenvalue weighted by Crippen LogP contribution is -2.49. The van der Waals surface area contributed by atoms with Crippen molar-refractivity contribution in [3.05, 3.63) is 65.5 Å². The number of carbonyl (C=O) groups is 1. The monoisotopic (exact) mass is 357 g/mol. The molecule has 0 radical (unpaired) electrons. The molecule has 0 heterocycles. The van der Waals surface area contributed by atoms with E-state index in [1.165, 1.54) is 12.1 Å². The van der Waals surface area contributed by atoms with Gasteiger partial charge in [0.2, 0.25) is 5.91 Å². The van der Waals surface area contributed by atoms with Crippen molar-refractivity contribution >= 4 is 5.91 Å². The van der Waals surface area contributed by atoms with Gasteiger partial charge in [0, 0.05) is 13.7 Å². The van der Waals surface area contributed by atoms with Gasteiger partial charge in [0.1, 0.15) is 18.2 Å². The number of rotatable bonds is 8. The summed E-state index contributed by atoms with van der Waals surface area (Å²) in [6.07, 6.45) is 2.48. The maximum Gasteiger partial charge on any atom is 0.230 e. The summed E-state index contributed by atoms with van der Waals surface area (Å²) in [6.45, 7) is 1.42. The molecule has 1 amide bonds. The highest BCUT2D eigenvalue weighted by molar-refractivity contribution is 5.89. The van der Waals surface area contributed by atoms with Gasteiger partial charge >= 0.3 is 0 Å². The van der Waals surface area contributed by atoms with Crippen LogP contribution in [0, 0.1) is 5.82 Å². The number of methoxy groups -OCH3 is 1. The van der Waals surface area contributed by atoms with Gasteiger partial charge < -0.3 is 14.8 Å². The molecule has 0 saturated heterocycles. The maximum absolute atomic E-state index is 13.6. The van der Waals surface area contributed by atoms with Crippen LogP contribution in [0.4, 0.5) is 4.39 Å². The Hall–Kier alpha value is -2.40. The molecule has 138 valence electrons. The largest absolute Gasteiger partial charge is 0.491 e. The molecule has 26 heavy (non-hydrogen) atoms. The molecular formula is C21H24FNO3. The van der Waals surface area contributed by atoms with Crippen LogP contribution in [0.3, 0.4) is 0 Å². The molecule has 3 rings (SSSR count). The smallest absolute Gasteiger partial charge is 0.230 e. The van der Waals surface area contributed by atoms with Gasteiger partial charge in [-0.3, -0.25) is 4.79 Å². The zero-order chi connectivity index (χ0) is 18.4. The summed E-state index contributed by atoms with van der Waals surface area (Å²) in [6, 6.07) is 14.0. The fraction of sp³-hybridized carbons (Fsp3) is 0.381. The minimum atomic E-state index is -0.603. The van der Waals surface area contributed by atoms with E-state index < -0.39 is 5.41 Å². The summed E-state index contributed by atoms with van der Waals surface area (Å²) in [5, 5.41) is 3.01. The number of amides is 1. The topological polar surface area (TPSA) is 47.6 Å². The Kier molecular flexibility index (Phi) is 5.89. The van der Waals surface area contributed by atoms with Gasteiger partial charge in [-0.05, 0) is 48.2 Å². The van der Waals surface area contributed by atoms with Crippen molar-refractivity contribution in [3.63, 3.8) is 0 Å². The van der Waals surface area contributed by atoms with E-state index in [1.54, 1.807) is 13.2 Å². The van der Waals surface area contributed by atoms with E-state index in [4.69, 9.17) is 9.47 Å². The first-order valence-electron chi connectivity index (χ1n) is 8.89. The minimum Gasteiger partial charge on any atom is -0.491 e. The number of ether oxygens (including phenoxy) is 2. The van der Waals surface area contributed by atoms with Gasteiger partial charge in [0.15, 0.2) is 0 Å². The molecule has 0 atom stereocenters. The lowest BCUT2D eigenvalue weighted by atomic mass is 9.64. The second-order valence-corrected chi connectivity index (χ2v) is 6.62. The number of benzene rings is 2. The van der Waals surface area contributed by atoms with Crippen LogP contribution in [0.5, 0.6) is 5.75 Å². The van der Waals surface area contributed by atoms with E-state index in [-0.39, 0.29) is 11.7 Å². The molecule has 0 bridgehead atoms. The summed E-state index contributed by atoms with van der Waals surface area (Å²) < 4.78 is 24.2. The summed E-state index contributed by atoms with van der Waals surface area (Å²) in [4.78, 5) is 12.8. The highest BCUT2D eigenvalue weighted by Gasteiger charge is 2.45. The molecule has 1 fully saturated rings. The number of hydrogen-bond donors (Lipinski definition) is 1. The van der Waals surface area contributed by atoms with Crippen LogP contribution in [-0.4, -0.2) is 26.2 Å². The van der Waals surface area contributed by atoms with E-state index in [1.807, 2.05) is 30.3 Å². The fourth-order valence-corrected chi connectivity index (χ4v) is 3.30. The molecule has 0 aliphatic heterocycles. The molecule has 0 unspecified atom stereocenters. The highest BCUT2D eigenvalue weighted by atomic mass is 19.1. The van der Waals surface area contributed by atoms with Gasteiger partial charge in [-0.25, -0.2) is 4.39 Å². The lowest BCUT2D eigenvalue weighted by Gasteiger charge is -2.40. The Bertz CT molecular complexity index is 758. The van der Waals surface area contributed by atoms with Crippen molar-refractivity contribution in [2.75, 3.05) is 20.3 Å². The third-order valence-electron chi connectivity index (χ3n) is 4.93. The van der Waals surface area contributed by atoms with Crippen LogP contribution in [0.15, 0.2) is 48.5 Å². The average Bonchev–Trinajstić information content (AvgIpc) is 2.60. The molecule has 0 aromatic heterocycles. The average molecular weight is 357 g/mol. The van der Waals surface area contributed by atoms with Crippen LogP contribution in [0.25, 0.3) is 0 Å². The van der Waals surface area contributed by atoms with E-state index in [0.717, 1.165) is 36.1 Å². The first-order chi connectivity index (χ1) is 12.6. The fourth-order valence-electron chi connectivity index (χ4n) is 3.30. The van der Waals surface area contributed by atoms with Crippen molar-refractivity contribution < 1.29 is 18.7 Å². The first-order valence-corrected chi connectivity index (χ1v) is 8.89. The summed E-state index contributed by atoms with van der Waals surface area (Å²) in [5.74, 6) is 0.403. The number of nitrogens with one attached hydrogen (secondary N) is 1. The second-order valence-electron chi connectivity index (χ2n) is 6.62. The molecule has 5 heteroatoms. The lowest BCUT2D eigenvalue weighted by molar-refractivity contribution is -0.130. The van der Waals surface area contributed by atoms with Gasteiger partial charge in [-0.2, -0.15) is 0 Å². The second kappa shape index (κ2) is 8.32. The van der Waals surface area contributed by atoms with E-state index in [2.05, 4.69) is 5.32 Å². The van der Waals surface area contributed by atoms with E-state index >= 15 is 0 Å². The maximum atomic E-state index is 13.6. The predicted molar refractivity (Wildman–Crippen MR) is 97.6 cm³/mol. The quantitative estimate of drug-likeness (QED) is 0.735. The number of halogens is 1. The van der Waals surface area contributed by atoms with Gasteiger partial charge in [0.25, 0.3) is 0 Å². The van der Waals surface area contributed by atoms with Crippen LogP contribution in [-0.2, 0) is 21.5 Å². The van der Waals surface area contributed by atoms with Crippen LogP contribution in [0.1, 0.15) is 30.4 Å².